The molecule has 5 rings (SSSR count). The molecule has 0 bridgehead atoms. The largest absolute Gasteiger partial charge is 0.465 e. The van der Waals surface area contributed by atoms with E-state index >= 15 is 0 Å². The summed E-state index contributed by atoms with van der Waals surface area (Å²) in [5.41, 5.74) is -0.179. The lowest BCUT2D eigenvalue weighted by molar-refractivity contribution is -0.203. The van der Waals surface area contributed by atoms with Gasteiger partial charge in [-0.05, 0) is 98.5 Å². The van der Waals surface area contributed by atoms with E-state index in [4.69, 9.17) is 4.42 Å². The zero-order chi connectivity index (χ0) is 24.3. The van der Waals surface area contributed by atoms with Crippen LogP contribution >= 0.6 is 0 Å². The van der Waals surface area contributed by atoms with Crippen molar-refractivity contribution in [3.63, 3.8) is 0 Å². The molecule has 0 spiro atoms. The molecule has 0 aliphatic heterocycles. The number of aliphatic hydroxyl groups is 2. The van der Waals surface area contributed by atoms with Crippen molar-refractivity contribution >= 4 is 6.09 Å². The van der Waals surface area contributed by atoms with Gasteiger partial charge in [-0.25, -0.2) is 9.59 Å². The zero-order valence-electron chi connectivity index (χ0n) is 20.4. The SMILES string of the molecule is C[C@]12CC[C@H](N(CCO)C(=O)O)C[C@H]1CC[C@@H]1[C@@H]2CC[C@]2(C)[C@@H](c3ccc(=O)oc3)CC[C@]12O. The van der Waals surface area contributed by atoms with Crippen LogP contribution in [0.15, 0.2) is 27.6 Å². The first-order valence-corrected chi connectivity index (χ1v) is 13.1. The van der Waals surface area contributed by atoms with E-state index in [1.807, 2.05) is 6.07 Å². The molecule has 1 aromatic rings. The first-order chi connectivity index (χ1) is 16.1. The third-order valence-corrected chi connectivity index (χ3v) is 11.0. The molecule has 7 nitrogen and oxygen atoms in total. The second-order valence-electron chi connectivity index (χ2n) is 12.0. The molecule has 1 heterocycles. The van der Waals surface area contributed by atoms with Crippen molar-refractivity contribution in [1.29, 1.82) is 0 Å². The van der Waals surface area contributed by atoms with E-state index in [1.165, 1.54) is 11.0 Å². The average Bonchev–Trinajstić information content (AvgIpc) is 3.09. The smallest absolute Gasteiger partial charge is 0.407 e. The summed E-state index contributed by atoms with van der Waals surface area (Å²) in [5.74, 6) is 1.32. The number of amides is 1. The van der Waals surface area contributed by atoms with E-state index < -0.39 is 11.7 Å². The van der Waals surface area contributed by atoms with Gasteiger partial charge in [-0.2, -0.15) is 0 Å². The van der Waals surface area contributed by atoms with Gasteiger partial charge in [0.1, 0.15) is 0 Å². The van der Waals surface area contributed by atoms with E-state index in [-0.39, 0.29) is 47.5 Å². The molecule has 1 amide bonds. The number of carboxylic acid groups (broad SMARTS) is 1. The highest BCUT2D eigenvalue weighted by molar-refractivity contribution is 5.65. The Labute approximate surface area is 201 Å². The second kappa shape index (κ2) is 8.37. The van der Waals surface area contributed by atoms with Crippen LogP contribution in [0.5, 0.6) is 0 Å². The predicted octanol–water partition coefficient (Wildman–Crippen LogP) is 4.22. The van der Waals surface area contributed by atoms with E-state index in [9.17, 15) is 24.9 Å². The van der Waals surface area contributed by atoms with Gasteiger partial charge in [0.25, 0.3) is 0 Å². The Hall–Kier alpha value is -1.86. The summed E-state index contributed by atoms with van der Waals surface area (Å²) in [4.78, 5) is 24.7. The van der Waals surface area contributed by atoms with Crippen molar-refractivity contribution in [2.75, 3.05) is 13.2 Å². The Bertz CT molecular complexity index is 973. The number of hydrogen-bond acceptors (Lipinski definition) is 5. The Morgan fingerprint density at radius 1 is 1.09 bits per heavy atom. The maximum atomic E-state index is 12.3. The maximum Gasteiger partial charge on any atom is 0.407 e. The van der Waals surface area contributed by atoms with E-state index in [0.29, 0.717) is 11.8 Å². The first kappa shape index (κ1) is 23.9. The number of aliphatic hydroxyl groups excluding tert-OH is 1. The minimum atomic E-state index is -0.937. The number of nitrogens with zero attached hydrogens (tertiary/aromatic N) is 1. The summed E-state index contributed by atoms with van der Waals surface area (Å²) < 4.78 is 5.19. The standard InChI is InChI=1S/C27H39NO6/c1-25-10-7-19(28(13-14-29)24(31)32)15-18(25)4-5-22-21(25)8-11-26(2)20(9-12-27(22,26)33)17-3-6-23(30)34-16-17/h3,6,16,18-22,29,33H,4-5,7-15H2,1-2H3,(H,31,32)/t18-,19+,20-,21+,22-,25+,26-,27+/m1/s1. The first-order valence-electron chi connectivity index (χ1n) is 13.1. The molecule has 34 heavy (non-hydrogen) atoms. The van der Waals surface area contributed by atoms with Crippen LogP contribution in [0.3, 0.4) is 0 Å². The van der Waals surface area contributed by atoms with Crippen molar-refractivity contribution < 1.29 is 24.5 Å². The van der Waals surface area contributed by atoms with Crippen LogP contribution in [0.25, 0.3) is 0 Å². The molecular formula is C27H39NO6. The molecule has 4 aliphatic rings. The molecule has 0 aromatic carbocycles. The summed E-state index contributed by atoms with van der Waals surface area (Å²) in [6.45, 7) is 4.67. The Morgan fingerprint density at radius 2 is 1.88 bits per heavy atom. The number of fused-ring (bicyclic) bond motifs is 5. The molecule has 8 atom stereocenters. The molecule has 0 unspecified atom stereocenters. The summed E-state index contributed by atoms with van der Waals surface area (Å²) >= 11 is 0. The molecule has 7 heteroatoms. The highest BCUT2D eigenvalue weighted by Gasteiger charge is 2.67. The van der Waals surface area contributed by atoms with Gasteiger partial charge in [0.15, 0.2) is 0 Å². The van der Waals surface area contributed by atoms with Crippen LogP contribution < -0.4 is 5.63 Å². The molecule has 3 N–H and O–H groups in total. The fourth-order valence-electron chi connectivity index (χ4n) is 9.13. The van der Waals surface area contributed by atoms with E-state index in [2.05, 4.69) is 13.8 Å². The van der Waals surface area contributed by atoms with Crippen LogP contribution in [0, 0.1) is 28.6 Å². The summed E-state index contributed by atoms with van der Waals surface area (Å²) in [6, 6.07) is 3.34. The van der Waals surface area contributed by atoms with Crippen LogP contribution in [0.4, 0.5) is 4.79 Å². The molecule has 188 valence electrons. The molecule has 4 fully saturated rings. The van der Waals surface area contributed by atoms with Gasteiger partial charge in [-0.15, -0.1) is 0 Å². The molecule has 0 radical (unpaired) electrons. The fourth-order valence-corrected chi connectivity index (χ4v) is 9.13. The normalized spacial score (nSPS) is 43.5. The number of hydrogen-bond donors (Lipinski definition) is 3. The van der Waals surface area contributed by atoms with E-state index in [1.54, 1.807) is 6.26 Å². The average molecular weight is 474 g/mol. The lowest BCUT2D eigenvalue weighted by atomic mass is 9.43. The number of carbonyl (C=O) groups is 1. The molecule has 0 saturated heterocycles. The molecule has 4 saturated carbocycles. The third kappa shape index (κ3) is 3.37. The van der Waals surface area contributed by atoms with Gasteiger partial charge in [-0.3, -0.25) is 0 Å². The Morgan fingerprint density at radius 3 is 2.56 bits per heavy atom. The van der Waals surface area contributed by atoms with Crippen molar-refractivity contribution in [3.8, 4) is 0 Å². The van der Waals surface area contributed by atoms with Crippen molar-refractivity contribution in [3.05, 3.63) is 34.4 Å². The lowest BCUT2D eigenvalue weighted by Gasteiger charge is -2.64. The van der Waals surface area contributed by atoms with Crippen LogP contribution in [-0.2, 0) is 0 Å². The zero-order valence-corrected chi connectivity index (χ0v) is 20.4. The Kier molecular flexibility index (Phi) is 5.87. The van der Waals surface area contributed by atoms with Crippen molar-refractivity contribution in [1.82, 2.24) is 4.90 Å². The summed E-state index contributed by atoms with van der Waals surface area (Å²) in [5, 5.41) is 31.4. The third-order valence-electron chi connectivity index (χ3n) is 11.0. The van der Waals surface area contributed by atoms with Crippen molar-refractivity contribution in [2.24, 2.45) is 28.6 Å². The lowest BCUT2D eigenvalue weighted by Crippen LogP contribution is -2.62. The maximum absolute atomic E-state index is 12.3. The number of rotatable bonds is 4. The van der Waals surface area contributed by atoms with Gasteiger partial charge >= 0.3 is 11.7 Å². The van der Waals surface area contributed by atoms with E-state index in [0.717, 1.165) is 63.4 Å². The molecule has 1 aromatic heterocycles. The van der Waals surface area contributed by atoms with Crippen LogP contribution in [0.1, 0.15) is 83.1 Å². The van der Waals surface area contributed by atoms with Gasteiger partial charge in [-0.1, -0.05) is 13.8 Å². The van der Waals surface area contributed by atoms with Gasteiger partial charge in [0.2, 0.25) is 0 Å². The monoisotopic (exact) mass is 473 g/mol. The minimum absolute atomic E-state index is 0.0279. The Balaban J connectivity index is 1.39. The van der Waals surface area contributed by atoms with Crippen LogP contribution in [-0.4, -0.2) is 51.1 Å². The second-order valence-corrected chi connectivity index (χ2v) is 12.0. The van der Waals surface area contributed by atoms with Gasteiger partial charge in [0.05, 0.1) is 18.5 Å². The van der Waals surface area contributed by atoms with Crippen molar-refractivity contribution in [2.45, 2.75) is 89.2 Å². The fraction of sp³-hybridized carbons (Fsp3) is 0.778. The van der Waals surface area contributed by atoms with Gasteiger partial charge < -0.3 is 24.6 Å². The summed E-state index contributed by atoms with van der Waals surface area (Å²) in [7, 11) is 0. The molecule has 4 aliphatic carbocycles. The predicted molar refractivity (Wildman–Crippen MR) is 127 cm³/mol. The quantitative estimate of drug-likeness (QED) is 0.604. The summed E-state index contributed by atoms with van der Waals surface area (Å²) in [6.07, 6.45) is 9.01. The topological polar surface area (TPSA) is 111 Å². The molecular weight excluding hydrogens is 434 g/mol. The highest BCUT2D eigenvalue weighted by Crippen LogP contribution is 2.70. The van der Waals surface area contributed by atoms with Gasteiger partial charge in [0, 0.05) is 24.1 Å². The highest BCUT2D eigenvalue weighted by atomic mass is 16.4. The minimum Gasteiger partial charge on any atom is -0.465 e. The van der Waals surface area contributed by atoms with Crippen LogP contribution in [0.2, 0.25) is 0 Å².